The molecule has 0 spiro atoms. The summed E-state index contributed by atoms with van der Waals surface area (Å²) in [4.78, 5) is 11.8. The molecule has 0 aromatic carbocycles. The number of hydrogen-bond donors (Lipinski definition) is 2. The molecule has 1 aliphatic heterocycles. The number of carbonyl (C=O) groups excluding carboxylic acids is 1. The molecule has 0 amide bonds. The van der Waals surface area contributed by atoms with Crippen molar-refractivity contribution in [2.45, 2.75) is 6.04 Å². The van der Waals surface area contributed by atoms with E-state index in [1.165, 1.54) is 10.9 Å². The van der Waals surface area contributed by atoms with Crippen molar-refractivity contribution in [2.24, 2.45) is 11.7 Å². The fraction of sp³-hybridized carbons (Fsp3) is 0.500. The lowest BCUT2D eigenvalue weighted by molar-refractivity contribution is 0.0793. The third-order valence-electron chi connectivity index (χ3n) is 2.28. The first kappa shape index (κ1) is 9.17. The summed E-state index contributed by atoms with van der Waals surface area (Å²) in [6, 6.07) is 1.33. The van der Waals surface area contributed by atoms with Crippen LogP contribution in [-0.2, 0) is 4.74 Å². The number of carbonyl (C=O) groups is 1. The summed E-state index contributed by atoms with van der Waals surface area (Å²) >= 11 is 0. The predicted octanol–water partition coefficient (Wildman–Crippen LogP) is -0.921. The van der Waals surface area contributed by atoms with Crippen molar-refractivity contribution >= 4 is 11.7 Å². The molecule has 1 aliphatic rings. The Bertz CT molecular complexity index is 349. The first-order valence-corrected chi connectivity index (χ1v) is 4.37. The Hall–Kier alpha value is -1.40. The molecular weight excluding hydrogens is 184 g/mol. The molecule has 6 nitrogen and oxygen atoms in total. The van der Waals surface area contributed by atoms with Crippen LogP contribution in [0.1, 0.15) is 4.79 Å². The zero-order valence-electron chi connectivity index (χ0n) is 7.59. The number of hydrogen-bond acceptors (Lipinski definition) is 5. The van der Waals surface area contributed by atoms with Gasteiger partial charge in [0.05, 0.1) is 19.1 Å². The van der Waals surface area contributed by atoms with Gasteiger partial charge in [-0.2, -0.15) is 0 Å². The molecule has 2 rings (SSSR count). The van der Waals surface area contributed by atoms with E-state index in [0.29, 0.717) is 19.0 Å². The molecule has 14 heavy (non-hydrogen) atoms. The van der Waals surface area contributed by atoms with Crippen molar-refractivity contribution in [2.75, 3.05) is 18.9 Å². The molecule has 4 N–H and O–H groups in total. The summed E-state index contributed by atoms with van der Waals surface area (Å²) < 4.78 is 6.32. The highest BCUT2D eigenvalue weighted by atomic mass is 16.5. The second kappa shape index (κ2) is 3.39. The van der Waals surface area contributed by atoms with Gasteiger partial charge < -0.3 is 16.2 Å². The first-order chi connectivity index (χ1) is 6.68. The zero-order valence-corrected chi connectivity index (χ0v) is 7.59. The maximum absolute atomic E-state index is 11.8. The Morgan fingerprint density at radius 3 is 2.93 bits per heavy atom. The molecule has 2 atom stereocenters. The van der Waals surface area contributed by atoms with Crippen LogP contribution in [0.2, 0.25) is 0 Å². The number of nitrogen functional groups attached to an aromatic ring is 1. The van der Waals surface area contributed by atoms with Crippen molar-refractivity contribution in [3.63, 3.8) is 0 Å². The van der Waals surface area contributed by atoms with Gasteiger partial charge in [-0.25, -0.2) is 4.68 Å². The van der Waals surface area contributed by atoms with Crippen LogP contribution < -0.4 is 11.5 Å². The van der Waals surface area contributed by atoms with Gasteiger partial charge in [0.15, 0.2) is 0 Å². The maximum Gasteiger partial charge on any atom is 0.254 e. The van der Waals surface area contributed by atoms with Crippen LogP contribution >= 0.6 is 0 Å². The third kappa shape index (κ3) is 1.49. The fourth-order valence-corrected chi connectivity index (χ4v) is 1.46. The largest absolute Gasteiger partial charge is 0.382 e. The van der Waals surface area contributed by atoms with Crippen molar-refractivity contribution in [1.29, 1.82) is 0 Å². The summed E-state index contributed by atoms with van der Waals surface area (Å²) in [5, 5.41) is 3.82. The zero-order chi connectivity index (χ0) is 10.1. The van der Waals surface area contributed by atoms with Gasteiger partial charge in [-0.3, -0.25) is 4.79 Å². The van der Waals surface area contributed by atoms with Gasteiger partial charge in [0.25, 0.3) is 5.91 Å². The van der Waals surface area contributed by atoms with Gasteiger partial charge in [0, 0.05) is 18.3 Å². The van der Waals surface area contributed by atoms with E-state index in [-0.39, 0.29) is 17.9 Å². The summed E-state index contributed by atoms with van der Waals surface area (Å²) in [6.07, 6.45) is 1.53. The van der Waals surface area contributed by atoms with Crippen LogP contribution in [-0.4, -0.2) is 34.9 Å². The van der Waals surface area contributed by atoms with Gasteiger partial charge in [-0.05, 0) is 0 Å². The molecule has 2 heterocycles. The lowest BCUT2D eigenvalue weighted by atomic mass is 10.0. The van der Waals surface area contributed by atoms with E-state index < -0.39 is 0 Å². The molecule has 1 saturated heterocycles. The Morgan fingerprint density at radius 1 is 1.64 bits per heavy atom. The van der Waals surface area contributed by atoms with Crippen molar-refractivity contribution in [3.8, 4) is 0 Å². The van der Waals surface area contributed by atoms with Gasteiger partial charge >= 0.3 is 0 Å². The molecule has 0 aliphatic carbocycles. The number of anilines is 1. The summed E-state index contributed by atoms with van der Waals surface area (Å²) in [5.74, 6) is -0.146. The highest BCUT2D eigenvalue weighted by Crippen LogP contribution is 2.14. The average molecular weight is 196 g/mol. The molecule has 1 aromatic heterocycles. The second-order valence-corrected chi connectivity index (χ2v) is 3.33. The summed E-state index contributed by atoms with van der Waals surface area (Å²) in [7, 11) is 0. The molecule has 1 fully saturated rings. The second-order valence-electron chi connectivity index (χ2n) is 3.33. The number of rotatable bonds is 1. The highest BCUT2D eigenvalue weighted by molar-refractivity contribution is 5.81. The van der Waals surface area contributed by atoms with E-state index in [0.717, 1.165) is 0 Å². The minimum absolute atomic E-state index is 0.160. The molecule has 0 radical (unpaired) electrons. The van der Waals surface area contributed by atoms with Crippen LogP contribution in [0.5, 0.6) is 0 Å². The molecular formula is C8H12N4O2. The minimum Gasteiger partial charge on any atom is -0.382 e. The Kier molecular flexibility index (Phi) is 2.22. The topological polar surface area (TPSA) is 96.2 Å². The van der Waals surface area contributed by atoms with Gasteiger partial charge in [-0.15, -0.1) is 5.10 Å². The Balaban J connectivity index is 2.15. The quantitative estimate of drug-likeness (QED) is 0.605. The maximum atomic E-state index is 11.8. The smallest absolute Gasteiger partial charge is 0.254 e. The molecule has 1 aromatic rings. The van der Waals surface area contributed by atoms with E-state index in [1.54, 1.807) is 6.07 Å². The van der Waals surface area contributed by atoms with Crippen molar-refractivity contribution < 1.29 is 9.53 Å². The normalized spacial score (nSPS) is 26.6. The third-order valence-corrected chi connectivity index (χ3v) is 2.28. The summed E-state index contributed by atoms with van der Waals surface area (Å²) in [5.41, 5.74) is 11.1. The van der Waals surface area contributed by atoms with Crippen LogP contribution in [0, 0.1) is 5.92 Å². The number of nitrogens with two attached hydrogens (primary N) is 2. The van der Waals surface area contributed by atoms with E-state index in [9.17, 15) is 4.79 Å². The van der Waals surface area contributed by atoms with E-state index >= 15 is 0 Å². The van der Waals surface area contributed by atoms with Crippen LogP contribution in [0.3, 0.4) is 0 Å². The van der Waals surface area contributed by atoms with Crippen molar-refractivity contribution in [3.05, 3.63) is 12.3 Å². The molecule has 0 saturated carbocycles. The number of nitrogens with zero attached hydrogens (tertiary/aromatic N) is 2. The standard InChI is InChI=1S/C8H12N4O2/c9-6-4-14-3-5(6)8(13)12-2-1-7(10)11-12/h1-2,5-6H,3-4,9H2,(H2,10,11). The predicted molar refractivity (Wildman–Crippen MR) is 49.6 cm³/mol. The van der Waals surface area contributed by atoms with Gasteiger partial charge in [0.2, 0.25) is 0 Å². The van der Waals surface area contributed by atoms with E-state index in [4.69, 9.17) is 16.2 Å². The molecule has 6 heteroatoms. The van der Waals surface area contributed by atoms with Crippen LogP contribution in [0.15, 0.2) is 12.3 Å². The number of ether oxygens (including phenoxy) is 1. The lowest BCUT2D eigenvalue weighted by Crippen LogP contribution is -2.37. The highest BCUT2D eigenvalue weighted by Gasteiger charge is 2.32. The van der Waals surface area contributed by atoms with Crippen molar-refractivity contribution in [1.82, 2.24) is 9.78 Å². The summed E-state index contributed by atoms with van der Waals surface area (Å²) in [6.45, 7) is 0.785. The lowest BCUT2D eigenvalue weighted by Gasteiger charge is -2.10. The molecule has 2 unspecified atom stereocenters. The van der Waals surface area contributed by atoms with Crippen LogP contribution in [0.25, 0.3) is 0 Å². The Morgan fingerprint density at radius 2 is 2.43 bits per heavy atom. The molecule has 0 bridgehead atoms. The molecule has 76 valence electrons. The van der Waals surface area contributed by atoms with Gasteiger partial charge in [-0.1, -0.05) is 0 Å². The number of aromatic nitrogens is 2. The van der Waals surface area contributed by atoms with E-state index in [2.05, 4.69) is 5.10 Å². The SMILES string of the molecule is Nc1ccn(C(=O)C2COCC2N)n1. The van der Waals surface area contributed by atoms with E-state index in [1.807, 2.05) is 0 Å². The average Bonchev–Trinajstić information content (AvgIpc) is 2.73. The fourth-order valence-electron chi connectivity index (χ4n) is 1.46. The van der Waals surface area contributed by atoms with Gasteiger partial charge in [0.1, 0.15) is 5.82 Å². The van der Waals surface area contributed by atoms with Crippen LogP contribution in [0.4, 0.5) is 5.82 Å². The minimum atomic E-state index is -0.311. The monoisotopic (exact) mass is 196 g/mol. The Labute approximate surface area is 80.8 Å². The first-order valence-electron chi connectivity index (χ1n) is 4.37.